The highest BCUT2D eigenvalue weighted by atomic mass is 14.7. The van der Waals surface area contributed by atoms with Crippen molar-refractivity contribution in [2.24, 2.45) is 0 Å². The monoisotopic (exact) mass is 341 g/mol. The molecule has 0 amide bonds. The highest BCUT2D eigenvalue weighted by Crippen LogP contribution is 2.32. The SMILES string of the molecule is [B]c1cc2cc(C(C)C)ccc2c(-c2cc(C(C)C)cc(C(C)C)c2)n1. The average molecular weight is 341 g/mol. The van der Waals surface area contributed by atoms with Gasteiger partial charge in [0.2, 0.25) is 0 Å². The van der Waals surface area contributed by atoms with Gasteiger partial charge >= 0.3 is 0 Å². The fourth-order valence-corrected chi connectivity index (χ4v) is 3.36. The summed E-state index contributed by atoms with van der Waals surface area (Å²) in [4.78, 5) is 4.72. The van der Waals surface area contributed by atoms with Gasteiger partial charge < -0.3 is 0 Å². The number of aromatic nitrogens is 1. The normalized spacial score (nSPS) is 11.9. The second kappa shape index (κ2) is 7.27. The average Bonchev–Trinajstić information content (AvgIpc) is 2.59. The maximum absolute atomic E-state index is 6.17. The Labute approximate surface area is 159 Å². The minimum Gasteiger partial charge on any atom is -0.264 e. The van der Waals surface area contributed by atoms with E-state index in [1.807, 2.05) is 6.07 Å². The summed E-state index contributed by atoms with van der Waals surface area (Å²) in [5.41, 5.74) is 6.75. The van der Waals surface area contributed by atoms with Gasteiger partial charge in [0, 0.05) is 10.9 Å². The van der Waals surface area contributed by atoms with Crippen molar-refractivity contribution in [3.63, 3.8) is 0 Å². The molecule has 0 N–H and O–H groups in total. The number of nitrogens with zero attached hydrogens (tertiary/aromatic N) is 1. The van der Waals surface area contributed by atoms with Gasteiger partial charge in [0.25, 0.3) is 0 Å². The van der Waals surface area contributed by atoms with Crippen molar-refractivity contribution in [1.29, 1.82) is 0 Å². The number of hydrogen-bond donors (Lipinski definition) is 0. The summed E-state index contributed by atoms with van der Waals surface area (Å²) in [7, 11) is 6.17. The van der Waals surface area contributed by atoms with Gasteiger partial charge in [0.1, 0.15) is 7.85 Å². The summed E-state index contributed by atoms with van der Waals surface area (Å²) in [5.74, 6) is 1.45. The van der Waals surface area contributed by atoms with Crippen LogP contribution in [0.4, 0.5) is 0 Å². The third-order valence-corrected chi connectivity index (χ3v) is 5.13. The van der Waals surface area contributed by atoms with Crippen LogP contribution in [0.25, 0.3) is 22.0 Å². The van der Waals surface area contributed by atoms with Crippen molar-refractivity contribution in [3.05, 3.63) is 59.2 Å². The Balaban J connectivity index is 2.27. The largest absolute Gasteiger partial charge is 0.264 e. The Hall–Kier alpha value is -2.09. The zero-order chi connectivity index (χ0) is 19.0. The molecule has 0 fully saturated rings. The van der Waals surface area contributed by atoms with Crippen LogP contribution >= 0.6 is 0 Å². The minimum absolute atomic E-state index is 0.479. The Kier molecular flexibility index (Phi) is 5.23. The van der Waals surface area contributed by atoms with E-state index in [0.717, 1.165) is 11.3 Å². The third kappa shape index (κ3) is 3.70. The van der Waals surface area contributed by atoms with E-state index in [0.29, 0.717) is 23.3 Å². The zero-order valence-electron chi connectivity index (χ0n) is 16.8. The van der Waals surface area contributed by atoms with Crippen LogP contribution in [0.15, 0.2) is 42.5 Å². The summed E-state index contributed by atoms with van der Waals surface area (Å²) in [6, 6.07) is 15.5. The lowest BCUT2D eigenvalue weighted by Crippen LogP contribution is -2.09. The van der Waals surface area contributed by atoms with Gasteiger partial charge in [-0.25, -0.2) is 0 Å². The molecule has 2 aromatic carbocycles. The third-order valence-electron chi connectivity index (χ3n) is 5.13. The predicted molar refractivity (Wildman–Crippen MR) is 115 cm³/mol. The zero-order valence-corrected chi connectivity index (χ0v) is 16.8. The summed E-state index contributed by atoms with van der Waals surface area (Å²) < 4.78 is 0. The summed E-state index contributed by atoms with van der Waals surface area (Å²) in [5, 5.41) is 2.33. The van der Waals surface area contributed by atoms with E-state index in [1.165, 1.54) is 27.5 Å². The van der Waals surface area contributed by atoms with Crippen LogP contribution in [0.1, 0.15) is 76.0 Å². The standard InChI is InChI=1S/C24H28BN/c1-14(2)17-7-8-22-20(9-17)13-23(25)26-24(22)21-11-18(15(3)4)10-19(12-21)16(5)6/h7-16H,1-6H3. The van der Waals surface area contributed by atoms with E-state index >= 15 is 0 Å². The highest BCUT2D eigenvalue weighted by Gasteiger charge is 2.13. The Morgan fingerprint density at radius 1 is 0.692 bits per heavy atom. The van der Waals surface area contributed by atoms with Gasteiger partial charge in [0.15, 0.2) is 0 Å². The predicted octanol–water partition coefficient (Wildman–Crippen LogP) is 6.07. The van der Waals surface area contributed by atoms with E-state index in [1.54, 1.807) is 0 Å². The molecule has 3 aromatic rings. The quantitative estimate of drug-likeness (QED) is 0.525. The molecule has 2 radical (unpaired) electrons. The molecule has 26 heavy (non-hydrogen) atoms. The fraction of sp³-hybridized carbons (Fsp3) is 0.375. The van der Waals surface area contributed by atoms with Crippen molar-refractivity contribution < 1.29 is 0 Å². The maximum atomic E-state index is 6.17. The van der Waals surface area contributed by atoms with Gasteiger partial charge in [0.05, 0.1) is 5.69 Å². The topological polar surface area (TPSA) is 12.9 Å². The molecule has 0 saturated carbocycles. The van der Waals surface area contributed by atoms with Crippen molar-refractivity contribution in [2.75, 3.05) is 0 Å². The van der Waals surface area contributed by atoms with Gasteiger partial charge in [-0.2, -0.15) is 0 Å². The van der Waals surface area contributed by atoms with Gasteiger partial charge in [-0.15, -0.1) is 0 Å². The molecule has 0 bridgehead atoms. The second-order valence-corrected chi connectivity index (χ2v) is 8.23. The molecule has 0 saturated heterocycles. The first-order valence-corrected chi connectivity index (χ1v) is 9.61. The smallest absolute Gasteiger partial charge is 0.141 e. The maximum Gasteiger partial charge on any atom is 0.141 e. The number of hydrogen-bond acceptors (Lipinski definition) is 1. The van der Waals surface area contributed by atoms with E-state index in [-0.39, 0.29) is 0 Å². The number of rotatable bonds is 4. The number of fused-ring (bicyclic) bond motifs is 1. The van der Waals surface area contributed by atoms with Crippen LogP contribution in [-0.2, 0) is 0 Å². The molecule has 1 heterocycles. The summed E-state index contributed by atoms with van der Waals surface area (Å²) >= 11 is 0. The molecule has 0 aliphatic carbocycles. The Bertz CT molecular complexity index is 912. The van der Waals surface area contributed by atoms with Gasteiger partial charge in [-0.1, -0.05) is 65.8 Å². The van der Waals surface area contributed by atoms with Crippen molar-refractivity contribution in [2.45, 2.75) is 59.3 Å². The molecule has 1 nitrogen and oxygen atoms in total. The van der Waals surface area contributed by atoms with Crippen LogP contribution in [0.3, 0.4) is 0 Å². The van der Waals surface area contributed by atoms with Crippen LogP contribution in [-0.4, -0.2) is 12.8 Å². The first-order valence-electron chi connectivity index (χ1n) is 9.61. The van der Waals surface area contributed by atoms with Gasteiger partial charge in [-0.3, -0.25) is 4.98 Å². The van der Waals surface area contributed by atoms with Gasteiger partial charge in [-0.05, 0) is 63.6 Å². The lowest BCUT2D eigenvalue weighted by molar-refractivity contribution is 0.834. The molecule has 1 aromatic heterocycles. The molecular formula is C24H28BN. The highest BCUT2D eigenvalue weighted by molar-refractivity contribution is 6.32. The van der Waals surface area contributed by atoms with E-state index in [2.05, 4.69) is 77.9 Å². The molecule has 0 atom stereocenters. The Morgan fingerprint density at radius 2 is 1.27 bits per heavy atom. The lowest BCUT2D eigenvalue weighted by atomic mass is 9.89. The van der Waals surface area contributed by atoms with Crippen LogP contribution in [0.2, 0.25) is 0 Å². The van der Waals surface area contributed by atoms with Crippen LogP contribution < -0.4 is 5.59 Å². The summed E-state index contributed by atoms with van der Waals surface area (Å²) in [6.45, 7) is 13.4. The summed E-state index contributed by atoms with van der Waals surface area (Å²) in [6.07, 6.45) is 0. The number of benzene rings is 2. The van der Waals surface area contributed by atoms with Crippen LogP contribution in [0, 0.1) is 0 Å². The molecule has 2 heteroatoms. The fourth-order valence-electron chi connectivity index (χ4n) is 3.36. The minimum atomic E-state index is 0.479. The molecule has 3 rings (SSSR count). The first-order chi connectivity index (χ1) is 12.3. The molecular weight excluding hydrogens is 313 g/mol. The second-order valence-electron chi connectivity index (χ2n) is 8.23. The van der Waals surface area contributed by atoms with Crippen molar-refractivity contribution >= 4 is 24.2 Å². The van der Waals surface area contributed by atoms with Crippen molar-refractivity contribution in [3.8, 4) is 11.3 Å². The number of pyridine rings is 1. The van der Waals surface area contributed by atoms with E-state index in [4.69, 9.17) is 12.8 Å². The first kappa shape index (κ1) is 18.7. The molecule has 0 spiro atoms. The molecule has 0 unspecified atom stereocenters. The molecule has 0 aliphatic rings. The Morgan fingerprint density at radius 3 is 1.81 bits per heavy atom. The molecule has 132 valence electrons. The molecule has 0 aliphatic heterocycles. The van der Waals surface area contributed by atoms with E-state index < -0.39 is 0 Å². The van der Waals surface area contributed by atoms with Crippen molar-refractivity contribution in [1.82, 2.24) is 4.98 Å². The van der Waals surface area contributed by atoms with E-state index in [9.17, 15) is 0 Å². The van der Waals surface area contributed by atoms with Crippen LogP contribution in [0.5, 0.6) is 0 Å². The lowest BCUT2D eigenvalue weighted by Gasteiger charge is -2.16.